The van der Waals surface area contributed by atoms with Crippen LogP contribution >= 0.6 is 15.6 Å². The minimum Gasteiger partial charge on any atom is -0.462 e. The summed E-state index contributed by atoms with van der Waals surface area (Å²) in [6.07, 6.45) is 65.1. The van der Waals surface area contributed by atoms with E-state index in [1.165, 1.54) is 257 Å². The maximum absolute atomic E-state index is 13.1. The van der Waals surface area contributed by atoms with Crippen molar-refractivity contribution >= 4 is 39.5 Å². The van der Waals surface area contributed by atoms with Crippen molar-refractivity contribution in [3.63, 3.8) is 0 Å². The molecule has 4 unspecified atom stereocenters. The van der Waals surface area contributed by atoms with Gasteiger partial charge in [0, 0.05) is 25.7 Å². The number of phosphoric ester groups is 2. The molecule has 0 radical (unpaired) electrons. The van der Waals surface area contributed by atoms with Crippen LogP contribution in [0.5, 0.6) is 0 Å². The fourth-order valence-electron chi connectivity index (χ4n) is 13.1. The molecule has 0 spiro atoms. The third-order valence-corrected chi connectivity index (χ3v) is 22.5. The van der Waals surface area contributed by atoms with Gasteiger partial charge in [-0.1, -0.05) is 395 Å². The van der Waals surface area contributed by atoms with E-state index in [1.807, 2.05) is 0 Å². The molecule has 0 aliphatic rings. The van der Waals surface area contributed by atoms with Crippen molar-refractivity contribution in [3.8, 4) is 0 Å². The number of phosphoric acid groups is 2. The zero-order valence-corrected chi connectivity index (χ0v) is 70.3. The Balaban J connectivity index is 5.26. The molecule has 0 aliphatic carbocycles. The Labute approximate surface area is 638 Å². The van der Waals surface area contributed by atoms with Crippen LogP contribution < -0.4 is 0 Å². The van der Waals surface area contributed by atoms with Crippen LogP contribution in [-0.4, -0.2) is 96.7 Å². The first kappa shape index (κ1) is 102. The Bertz CT molecular complexity index is 2010. The van der Waals surface area contributed by atoms with E-state index in [4.69, 9.17) is 37.0 Å². The van der Waals surface area contributed by atoms with Gasteiger partial charge in [0.15, 0.2) is 12.2 Å². The standard InChI is InChI=1S/C85H166O17P2/c1-8-11-12-13-14-15-16-17-18-19-20-21-22-25-29-32-38-47-54-61-68-84(89)101-80(72-95-82(87)66-59-52-45-37-31-28-26-23-24-27-30-35-42-49-56-63-76(4)5)74-99-103(91,92)97-70-79(86)71-98-104(93,94)100-75-81(73-96-83(88)67-60-53-46-41-40-44-51-58-65-78(7)10-3)102-85(90)69-62-55-48-39-34-33-36-43-50-57-64-77(6)9-2/h76-81,86H,8-75H2,1-7H3,(H,91,92)(H,93,94)/t77?,78?,79-,80-,81-/m1/s1. The number of aliphatic hydroxyl groups excluding tert-OH is 1. The zero-order valence-electron chi connectivity index (χ0n) is 68.5. The van der Waals surface area contributed by atoms with E-state index >= 15 is 0 Å². The lowest BCUT2D eigenvalue weighted by Gasteiger charge is -2.21. The molecule has 104 heavy (non-hydrogen) atoms. The molecule has 0 aromatic carbocycles. The van der Waals surface area contributed by atoms with E-state index in [9.17, 15) is 43.2 Å². The molecule has 0 aliphatic heterocycles. The lowest BCUT2D eigenvalue weighted by atomic mass is 9.99. The lowest BCUT2D eigenvalue weighted by Crippen LogP contribution is -2.30. The number of unbranched alkanes of at least 4 members (excludes halogenated alkanes) is 49. The molecule has 0 aromatic rings. The van der Waals surface area contributed by atoms with E-state index in [-0.39, 0.29) is 25.7 Å². The van der Waals surface area contributed by atoms with Crippen molar-refractivity contribution in [2.24, 2.45) is 17.8 Å². The number of aliphatic hydroxyl groups is 1. The van der Waals surface area contributed by atoms with Gasteiger partial charge in [-0.25, -0.2) is 9.13 Å². The van der Waals surface area contributed by atoms with Crippen LogP contribution in [0, 0.1) is 17.8 Å². The average molecular weight is 1520 g/mol. The Morgan fingerprint density at radius 2 is 0.490 bits per heavy atom. The number of hydrogen-bond donors (Lipinski definition) is 3. The van der Waals surface area contributed by atoms with Gasteiger partial charge < -0.3 is 33.8 Å². The zero-order chi connectivity index (χ0) is 76.5. The molecule has 618 valence electrons. The Morgan fingerprint density at radius 1 is 0.279 bits per heavy atom. The van der Waals surface area contributed by atoms with E-state index < -0.39 is 97.5 Å². The molecule has 0 aromatic heterocycles. The molecule has 0 bridgehead atoms. The molecular formula is C85H166O17P2. The summed E-state index contributed by atoms with van der Waals surface area (Å²) in [5, 5.41) is 10.7. The van der Waals surface area contributed by atoms with Gasteiger partial charge in [0.05, 0.1) is 26.4 Å². The van der Waals surface area contributed by atoms with Gasteiger partial charge in [-0.15, -0.1) is 0 Å². The smallest absolute Gasteiger partial charge is 0.462 e. The Morgan fingerprint density at radius 3 is 0.731 bits per heavy atom. The Hall–Kier alpha value is -1.94. The van der Waals surface area contributed by atoms with Gasteiger partial charge >= 0.3 is 39.5 Å². The second kappa shape index (κ2) is 75.1. The molecule has 0 amide bonds. The van der Waals surface area contributed by atoms with Crippen molar-refractivity contribution in [1.82, 2.24) is 0 Å². The van der Waals surface area contributed by atoms with Crippen LogP contribution in [0.25, 0.3) is 0 Å². The molecular weight excluding hydrogens is 1350 g/mol. The monoisotopic (exact) mass is 1520 g/mol. The second-order valence-electron chi connectivity index (χ2n) is 31.5. The predicted molar refractivity (Wildman–Crippen MR) is 428 cm³/mol. The largest absolute Gasteiger partial charge is 0.472 e. The van der Waals surface area contributed by atoms with Crippen molar-refractivity contribution in [2.45, 2.75) is 465 Å². The minimum absolute atomic E-state index is 0.106. The van der Waals surface area contributed by atoms with Crippen LogP contribution in [-0.2, 0) is 65.4 Å². The highest BCUT2D eigenvalue weighted by molar-refractivity contribution is 7.47. The number of hydrogen-bond acceptors (Lipinski definition) is 15. The lowest BCUT2D eigenvalue weighted by molar-refractivity contribution is -0.161. The summed E-state index contributed by atoms with van der Waals surface area (Å²) in [7, 11) is -9.93. The summed E-state index contributed by atoms with van der Waals surface area (Å²) < 4.78 is 68.9. The number of carbonyl (C=O) groups excluding carboxylic acids is 4. The number of carbonyl (C=O) groups is 4. The summed E-state index contributed by atoms with van der Waals surface area (Å²) >= 11 is 0. The summed E-state index contributed by atoms with van der Waals surface area (Å²) in [5.41, 5.74) is 0. The third-order valence-electron chi connectivity index (χ3n) is 20.6. The van der Waals surface area contributed by atoms with Crippen LogP contribution in [0.4, 0.5) is 0 Å². The second-order valence-corrected chi connectivity index (χ2v) is 34.4. The highest BCUT2D eigenvalue weighted by Gasteiger charge is 2.30. The SMILES string of the molecule is CCCCCCCCCCCCCCCCCCCCCCC(=O)O[C@H](COC(=O)CCCCCCCCCCCCCCCCCC(C)C)COP(=O)(O)OC[C@@H](O)COP(=O)(O)OC[C@@H](COC(=O)CCCCCCCCCCC(C)CC)OC(=O)CCCCCCCCCCCCC(C)CC. The van der Waals surface area contributed by atoms with Gasteiger partial charge in [-0.05, 0) is 43.4 Å². The number of rotatable bonds is 83. The first-order valence-corrected chi connectivity index (χ1v) is 46.9. The van der Waals surface area contributed by atoms with Gasteiger partial charge in [0.1, 0.15) is 19.3 Å². The van der Waals surface area contributed by atoms with Gasteiger partial charge in [-0.2, -0.15) is 0 Å². The van der Waals surface area contributed by atoms with E-state index in [0.29, 0.717) is 25.7 Å². The maximum Gasteiger partial charge on any atom is 0.472 e. The highest BCUT2D eigenvalue weighted by Crippen LogP contribution is 2.45. The number of ether oxygens (including phenoxy) is 4. The molecule has 0 heterocycles. The van der Waals surface area contributed by atoms with Crippen LogP contribution in [0.1, 0.15) is 447 Å². The van der Waals surface area contributed by atoms with Gasteiger partial charge in [0.25, 0.3) is 0 Å². The molecule has 3 N–H and O–H groups in total. The summed E-state index contributed by atoms with van der Waals surface area (Å²) in [6.45, 7) is 12.0. The van der Waals surface area contributed by atoms with Crippen molar-refractivity contribution in [3.05, 3.63) is 0 Å². The van der Waals surface area contributed by atoms with Crippen LogP contribution in [0.15, 0.2) is 0 Å². The Kier molecular flexibility index (Phi) is 73.7. The first-order chi connectivity index (χ1) is 50.3. The quantitative estimate of drug-likeness (QED) is 0.0222. The van der Waals surface area contributed by atoms with Crippen molar-refractivity contribution in [1.29, 1.82) is 0 Å². The normalized spacial score (nSPS) is 14.4. The van der Waals surface area contributed by atoms with E-state index in [1.54, 1.807) is 0 Å². The molecule has 7 atom stereocenters. The van der Waals surface area contributed by atoms with Crippen molar-refractivity contribution < 1.29 is 80.2 Å². The molecule has 0 rings (SSSR count). The molecule has 19 heteroatoms. The minimum atomic E-state index is -4.97. The third kappa shape index (κ3) is 75.5. The van der Waals surface area contributed by atoms with Crippen LogP contribution in [0.3, 0.4) is 0 Å². The summed E-state index contributed by atoms with van der Waals surface area (Å²) in [6, 6.07) is 0. The van der Waals surface area contributed by atoms with Crippen molar-refractivity contribution in [2.75, 3.05) is 39.6 Å². The fraction of sp³-hybridized carbons (Fsp3) is 0.953. The summed E-state index contributed by atoms with van der Waals surface area (Å²) in [5.74, 6) is 0.280. The summed E-state index contributed by atoms with van der Waals surface area (Å²) in [4.78, 5) is 73.2. The van der Waals surface area contributed by atoms with E-state index in [0.717, 1.165) is 108 Å². The van der Waals surface area contributed by atoms with Gasteiger partial charge in [0.2, 0.25) is 0 Å². The highest BCUT2D eigenvalue weighted by atomic mass is 31.2. The van der Waals surface area contributed by atoms with E-state index in [2.05, 4.69) is 48.5 Å². The molecule has 17 nitrogen and oxygen atoms in total. The molecule has 0 saturated carbocycles. The van der Waals surface area contributed by atoms with Crippen LogP contribution in [0.2, 0.25) is 0 Å². The predicted octanol–water partition coefficient (Wildman–Crippen LogP) is 25.7. The van der Waals surface area contributed by atoms with Gasteiger partial charge in [-0.3, -0.25) is 37.3 Å². The number of esters is 4. The maximum atomic E-state index is 13.1. The molecule has 0 fully saturated rings. The topological polar surface area (TPSA) is 237 Å². The molecule has 0 saturated heterocycles. The first-order valence-electron chi connectivity index (χ1n) is 43.9. The average Bonchev–Trinajstić information content (AvgIpc) is 0.913. The fourth-order valence-corrected chi connectivity index (χ4v) is 14.7.